The molecule has 0 bridgehead atoms. The molecule has 2 N–H and O–H groups in total. The Morgan fingerprint density at radius 3 is 2.94 bits per heavy atom. The van der Waals surface area contributed by atoms with E-state index in [9.17, 15) is 5.11 Å². The second-order valence-corrected chi connectivity index (χ2v) is 4.21. The Morgan fingerprint density at radius 1 is 1.29 bits per heavy atom. The molecule has 3 rings (SSSR count). The normalized spacial score (nSPS) is 19.3. The average Bonchev–Trinajstić information content (AvgIpc) is 2.39. The van der Waals surface area contributed by atoms with Crippen LogP contribution in [0.5, 0.6) is 11.5 Å². The maximum absolute atomic E-state index is 9.36. The predicted octanol–water partition coefficient (Wildman–Crippen LogP) is 0.720. The molecule has 0 saturated carbocycles. The van der Waals surface area contributed by atoms with Crippen molar-refractivity contribution in [1.82, 2.24) is 10.2 Å². The van der Waals surface area contributed by atoms with E-state index < -0.39 is 0 Å². The van der Waals surface area contributed by atoms with Crippen molar-refractivity contribution in [3.05, 3.63) is 18.2 Å². The molecule has 0 aliphatic carbocycles. The molecule has 2 aliphatic heterocycles. The molecule has 0 aromatic heterocycles. The number of nitrogens with zero attached hydrogens (tertiary/aromatic N) is 2. The van der Waals surface area contributed by atoms with Crippen molar-refractivity contribution >= 4 is 11.5 Å². The summed E-state index contributed by atoms with van der Waals surface area (Å²) in [5.74, 6) is 1.85. The van der Waals surface area contributed by atoms with Crippen molar-refractivity contribution in [2.45, 2.75) is 0 Å². The zero-order valence-electron chi connectivity index (χ0n) is 9.52. The van der Waals surface area contributed by atoms with Crippen LogP contribution in [0.3, 0.4) is 0 Å². The zero-order chi connectivity index (χ0) is 11.7. The summed E-state index contributed by atoms with van der Waals surface area (Å²) in [6, 6.07) is 5.02. The van der Waals surface area contributed by atoms with Crippen molar-refractivity contribution < 1.29 is 9.84 Å². The summed E-state index contributed by atoms with van der Waals surface area (Å²) in [4.78, 5) is 6.83. The van der Waals surface area contributed by atoms with E-state index in [1.165, 1.54) is 0 Å². The molecule has 0 atom stereocenters. The molecule has 1 saturated heterocycles. The number of phenols is 1. The Morgan fingerprint density at radius 2 is 2.12 bits per heavy atom. The monoisotopic (exact) mass is 233 g/mol. The number of piperazine rings is 1. The van der Waals surface area contributed by atoms with Crippen LogP contribution in [-0.2, 0) is 0 Å². The van der Waals surface area contributed by atoms with Gasteiger partial charge in [0, 0.05) is 32.2 Å². The van der Waals surface area contributed by atoms with Gasteiger partial charge in [0.05, 0.1) is 0 Å². The number of aliphatic imine (C=N–C) groups is 1. The second-order valence-electron chi connectivity index (χ2n) is 4.21. The lowest BCUT2D eigenvalue weighted by Crippen LogP contribution is -2.48. The fraction of sp³-hybridized carbons (Fsp3) is 0.417. The van der Waals surface area contributed by atoms with E-state index in [1.54, 1.807) is 18.2 Å². The second kappa shape index (κ2) is 4.25. The Kier molecular flexibility index (Phi) is 2.60. The zero-order valence-corrected chi connectivity index (χ0v) is 9.52. The number of hydrogen-bond donors (Lipinski definition) is 2. The highest BCUT2D eigenvalue weighted by atomic mass is 16.5. The van der Waals surface area contributed by atoms with Crippen LogP contribution in [0.1, 0.15) is 0 Å². The molecule has 5 nitrogen and oxygen atoms in total. The average molecular weight is 233 g/mol. The van der Waals surface area contributed by atoms with Crippen molar-refractivity contribution in [3.63, 3.8) is 0 Å². The molecule has 17 heavy (non-hydrogen) atoms. The first kappa shape index (κ1) is 10.4. The van der Waals surface area contributed by atoms with Crippen LogP contribution >= 0.6 is 0 Å². The number of benzene rings is 1. The minimum Gasteiger partial charge on any atom is -0.508 e. The van der Waals surface area contributed by atoms with E-state index >= 15 is 0 Å². The lowest BCUT2D eigenvalue weighted by atomic mass is 10.2. The van der Waals surface area contributed by atoms with Gasteiger partial charge in [0.2, 0.25) is 0 Å². The maximum atomic E-state index is 9.36. The van der Waals surface area contributed by atoms with E-state index in [4.69, 9.17) is 4.74 Å². The first-order chi connectivity index (χ1) is 8.33. The molecule has 0 spiro atoms. The highest BCUT2D eigenvalue weighted by Crippen LogP contribution is 2.33. The molecule has 2 aliphatic rings. The Labute approximate surface area is 99.7 Å². The van der Waals surface area contributed by atoms with Crippen molar-refractivity contribution in [2.75, 3.05) is 32.8 Å². The molecule has 0 radical (unpaired) electrons. The molecular weight excluding hydrogens is 218 g/mol. The predicted molar refractivity (Wildman–Crippen MR) is 65.1 cm³/mol. The van der Waals surface area contributed by atoms with Gasteiger partial charge < -0.3 is 20.1 Å². The summed E-state index contributed by atoms with van der Waals surface area (Å²) in [6.45, 7) is 4.39. The van der Waals surface area contributed by atoms with Gasteiger partial charge in [-0.25, -0.2) is 4.99 Å². The molecule has 1 aromatic carbocycles. The summed E-state index contributed by atoms with van der Waals surface area (Å²) in [7, 11) is 0. The number of phenolic OH excluding ortho intramolecular Hbond substituents is 1. The fourth-order valence-corrected chi connectivity index (χ4v) is 2.11. The first-order valence-corrected chi connectivity index (χ1v) is 5.82. The summed E-state index contributed by atoms with van der Waals surface area (Å²) < 4.78 is 5.62. The lowest BCUT2D eigenvalue weighted by Gasteiger charge is -2.32. The summed E-state index contributed by atoms with van der Waals surface area (Å²) in [5, 5.41) is 12.7. The molecule has 0 amide bonds. The molecule has 90 valence electrons. The molecule has 1 fully saturated rings. The van der Waals surface area contributed by atoms with Crippen LogP contribution in [0.4, 0.5) is 5.69 Å². The Balaban J connectivity index is 1.86. The lowest BCUT2D eigenvalue weighted by molar-refractivity contribution is 0.305. The minimum absolute atomic E-state index is 0.213. The highest BCUT2D eigenvalue weighted by molar-refractivity contribution is 5.89. The van der Waals surface area contributed by atoms with Crippen molar-refractivity contribution in [2.24, 2.45) is 4.99 Å². The quantitative estimate of drug-likeness (QED) is 0.693. The number of ether oxygens (including phenoxy) is 1. The van der Waals surface area contributed by atoms with Crippen LogP contribution in [0.25, 0.3) is 0 Å². The van der Waals surface area contributed by atoms with Gasteiger partial charge in [-0.1, -0.05) is 0 Å². The number of fused-ring (bicyclic) bond motifs is 1. The summed E-state index contributed by atoms with van der Waals surface area (Å²) >= 11 is 0. The van der Waals surface area contributed by atoms with Gasteiger partial charge in [0.25, 0.3) is 0 Å². The Bertz CT molecular complexity index is 453. The SMILES string of the molecule is Oc1ccc2c(c1)OCC(N1CCNCC1)=N2. The van der Waals surface area contributed by atoms with Gasteiger partial charge >= 0.3 is 0 Å². The number of amidine groups is 1. The van der Waals surface area contributed by atoms with Crippen LogP contribution in [0, 0.1) is 0 Å². The van der Waals surface area contributed by atoms with Crippen LogP contribution in [0.2, 0.25) is 0 Å². The fourth-order valence-electron chi connectivity index (χ4n) is 2.11. The van der Waals surface area contributed by atoms with Gasteiger partial charge in [-0.3, -0.25) is 0 Å². The molecule has 2 heterocycles. The number of hydrogen-bond acceptors (Lipinski definition) is 5. The summed E-state index contributed by atoms with van der Waals surface area (Å²) in [6.07, 6.45) is 0. The van der Waals surface area contributed by atoms with Gasteiger partial charge in [-0.2, -0.15) is 0 Å². The smallest absolute Gasteiger partial charge is 0.149 e. The van der Waals surface area contributed by atoms with Crippen LogP contribution < -0.4 is 10.1 Å². The third kappa shape index (κ3) is 2.06. The summed E-state index contributed by atoms with van der Waals surface area (Å²) in [5.41, 5.74) is 0.794. The number of nitrogens with one attached hydrogen (secondary N) is 1. The van der Waals surface area contributed by atoms with Gasteiger partial charge in [0.15, 0.2) is 0 Å². The van der Waals surface area contributed by atoms with Crippen LogP contribution in [-0.4, -0.2) is 48.6 Å². The maximum Gasteiger partial charge on any atom is 0.149 e. The minimum atomic E-state index is 0.213. The Hall–Kier alpha value is -1.75. The van der Waals surface area contributed by atoms with Gasteiger partial charge in [-0.15, -0.1) is 0 Å². The standard InChI is InChI=1S/C12H15N3O2/c16-9-1-2-10-11(7-9)17-8-12(14-10)15-5-3-13-4-6-15/h1-2,7,13,16H,3-6,8H2. The third-order valence-electron chi connectivity index (χ3n) is 3.03. The van der Waals surface area contributed by atoms with Crippen molar-refractivity contribution in [3.8, 4) is 11.5 Å². The van der Waals surface area contributed by atoms with E-state index in [1.807, 2.05) is 0 Å². The van der Waals surface area contributed by atoms with E-state index in [2.05, 4.69) is 15.2 Å². The van der Waals surface area contributed by atoms with Gasteiger partial charge in [-0.05, 0) is 12.1 Å². The van der Waals surface area contributed by atoms with Gasteiger partial charge in [0.1, 0.15) is 29.6 Å². The molecular formula is C12H15N3O2. The van der Waals surface area contributed by atoms with E-state index in [0.717, 1.165) is 37.7 Å². The van der Waals surface area contributed by atoms with E-state index in [0.29, 0.717) is 12.4 Å². The highest BCUT2D eigenvalue weighted by Gasteiger charge is 2.20. The number of aromatic hydroxyl groups is 1. The third-order valence-corrected chi connectivity index (χ3v) is 3.03. The number of rotatable bonds is 0. The molecule has 5 heteroatoms. The van der Waals surface area contributed by atoms with Crippen LogP contribution in [0.15, 0.2) is 23.2 Å². The van der Waals surface area contributed by atoms with E-state index in [-0.39, 0.29) is 5.75 Å². The first-order valence-electron chi connectivity index (χ1n) is 5.82. The topological polar surface area (TPSA) is 57.1 Å². The largest absolute Gasteiger partial charge is 0.508 e. The molecule has 1 aromatic rings. The molecule has 0 unspecified atom stereocenters. The van der Waals surface area contributed by atoms with Crippen molar-refractivity contribution in [1.29, 1.82) is 0 Å².